The van der Waals surface area contributed by atoms with Crippen LogP contribution < -0.4 is 5.32 Å². The van der Waals surface area contributed by atoms with Crippen molar-refractivity contribution in [2.75, 3.05) is 26.2 Å². The van der Waals surface area contributed by atoms with Gasteiger partial charge in [0.1, 0.15) is 0 Å². The summed E-state index contributed by atoms with van der Waals surface area (Å²) in [6, 6.07) is 0.338. The van der Waals surface area contributed by atoms with Crippen molar-refractivity contribution in [1.82, 2.24) is 10.2 Å². The van der Waals surface area contributed by atoms with E-state index in [0.29, 0.717) is 12.6 Å². The van der Waals surface area contributed by atoms with Crippen LogP contribution in [-0.4, -0.2) is 43.3 Å². The van der Waals surface area contributed by atoms with Crippen molar-refractivity contribution in [2.24, 2.45) is 11.3 Å². The van der Waals surface area contributed by atoms with E-state index in [1.54, 1.807) is 0 Å². The molecular weight excluding hydrogens is 241 g/mol. The number of nitrogens with zero attached hydrogens (tertiary/aromatic N) is 1. The highest BCUT2D eigenvalue weighted by Gasteiger charge is 2.43. The SMILES string of the molecule is CC1(C)CCC(N2CCNCC(C(F)(F)F)C2)C1. The van der Waals surface area contributed by atoms with Gasteiger partial charge in [-0.15, -0.1) is 0 Å². The van der Waals surface area contributed by atoms with E-state index in [9.17, 15) is 13.2 Å². The fourth-order valence-electron chi connectivity index (χ4n) is 3.20. The van der Waals surface area contributed by atoms with Gasteiger partial charge in [-0.2, -0.15) is 13.2 Å². The van der Waals surface area contributed by atoms with Crippen molar-refractivity contribution < 1.29 is 13.2 Å². The second kappa shape index (κ2) is 5.00. The minimum absolute atomic E-state index is 0.0656. The van der Waals surface area contributed by atoms with Crippen LogP contribution in [0.2, 0.25) is 0 Å². The summed E-state index contributed by atoms with van der Waals surface area (Å²) >= 11 is 0. The lowest BCUT2D eigenvalue weighted by Crippen LogP contribution is -2.42. The normalized spacial score (nSPS) is 34.5. The molecule has 0 spiro atoms. The third-order valence-electron chi connectivity index (χ3n) is 4.34. The summed E-state index contributed by atoms with van der Waals surface area (Å²) in [5, 5.41) is 2.92. The molecular formula is C13H23F3N2. The average Bonchev–Trinajstić information content (AvgIpc) is 2.50. The number of nitrogens with one attached hydrogen (secondary N) is 1. The first-order valence-corrected chi connectivity index (χ1v) is 6.79. The molecule has 0 aromatic heterocycles. The molecule has 2 atom stereocenters. The minimum atomic E-state index is -4.08. The van der Waals surface area contributed by atoms with Gasteiger partial charge in [-0.05, 0) is 24.7 Å². The Kier molecular flexibility index (Phi) is 3.93. The highest BCUT2D eigenvalue weighted by Crippen LogP contribution is 2.40. The fourth-order valence-corrected chi connectivity index (χ4v) is 3.20. The van der Waals surface area contributed by atoms with Crippen molar-refractivity contribution in [3.63, 3.8) is 0 Å². The van der Waals surface area contributed by atoms with E-state index in [4.69, 9.17) is 0 Å². The molecule has 5 heteroatoms. The van der Waals surface area contributed by atoms with Gasteiger partial charge in [0.05, 0.1) is 5.92 Å². The number of hydrogen-bond acceptors (Lipinski definition) is 2. The summed E-state index contributed by atoms with van der Waals surface area (Å²) in [5.74, 6) is -1.22. The standard InChI is InChI=1S/C13H23F3N2/c1-12(2)4-3-11(7-12)18-6-5-17-8-10(9-18)13(14,15)16/h10-11,17H,3-9H2,1-2H3. The molecule has 0 radical (unpaired) electrons. The van der Waals surface area contributed by atoms with Crippen LogP contribution in [0.3, 0.4) is 0 Å². The predicted octanol–water partition coefficient (Wildman–Crippen LogP) is 2.65. The largest absolute Gasteiger partial charge is 0.394 e. The molecule has 0 aromatic rings. The molecule has 2 unspecified atom stereocenters. The summed E-state index contributed by atoms with van der Waals surface area (Å²) in [4.78, 5) is 2.06. The van der Waals surface area contributed by atoms with Crippen molar-refractivity contribution in [3.8, 4) is 0 Å². The first-order chi connectivity index (χ1) is 8.28. The van der Waals surface area contributed by atoms with Gasteiger partial charge in [-0.3, -0.25) is 4.90 Å². The maximum atomic E-state index is 12.9. The number of hydrogen-bond donors (Lipinski definition) is 1. The number of halogens is 3. The maximum Gasteiger partial charge on any atom is 0.394 e. The summed E-state index contributed by atoms with van der Waals surface area (Å²) < 4.78 is 38.6. The Balaban J connectivity index is 2.00. The van der Waals surface area contributed by atoms with E-state index in [1.165, 1.54) is 0 Å². The smallest absolute Gasteiger partial charge is 0.315 e. The topological polar surface area (TPSA) is 15.3 Å². The molecule has 1 aliphatic carbocycles. The Morgan fingerprint density at radius 1 is 1.28 bits per heavy atom. The van der Waals surface area contributed by atoms with Gasteiger partial charge >= 0.3 is 6.18 Å². The molecule has 1 aliphatic heterocycles. The fraction of sp³-hybridized carbons (Fsp3) is 1.00. The van der Waals surface area contributed by atoms with Crippen molar-refractivity contribution >= 4 is 0 Å². The third kappa shape index (κ3) is 3.38. The first kappa shape index (κ1) is 14.1. The van der Waals surface area contributed by atoms with Crippen LogP contribution >= 0.6 is 0 Å². The summed E-state index contributed by atoms with van der Waals surface area (Å²) in [5.41, 5.74) is 0.290. The van der Waals surface area contributed by atoms with Crippen LogP contribution in [0.1, 0.15) is 33.1 Å². The lowest BCUT2D eigenvalue weighted by atomic mass is 9.91. The zero-order valence-electron chi connectivity index (χ0n) is 11.2. The van der Waals surface area contributed by atoms with Gasteiger partial charge in [-0.25, -0.2) is 0 Å². The molecule has 18 heavy (non-hydrogen) atoms. The van der Waals surface area contributed by atoms with Crippen molar-refractivity contribution in [2.45, 2.75) is 45.3 Å². The lowest BCUT2D eigenvalue weighted by molar-refractivity contribution is -0.176. The second-order valence-electron chi connectivity index (χ2n) is 6.50. The average molecular weight is 264 g/mol. The van der Waals surface area contributed by atoms with Crippen LogP contribution in [0.15, 0.2) is 0 Å². The Labute approximate surface area is 107 Å². The van der Waals surface area contributed by atoms with Gasteiger partial charge in [-0.1, -0.05) is 13.8 Å². The van der Waals surface area contributed by atoms with Crippen LogP contribution in [0.5, 0.6) is 0 Å². The van der Waals surface area contributed by atoms with Crippen molar-refractivity contribution in [1.29, 1.82) is 0 Å². The van der Waals surface area contributed by atoms with Gasteiger partial charge in [0.15, 0.2) is 0 Å². The molecule has 2 rings (SSSR count). The Morgan fingerprint density at radius 3 is 2.56 bits per heavy atom. The molecule has 1 saturated heterocycles. The van der Waals surface area contributed by atoms with Gasteiger partial charge in [0.2, 0.25) is 0 Å². The molecule has 1 heterocycles. The Morgan fingerprint density at radius 2 is 2.00 bits per heavy atom. The summed E-state index contributed by atoms with van der Waals surface area (Å²) in [6.07, 6.45) is -0.892. The van der Waals surface area contributed by atoms with Gasteiger partial charge < -0.3 is 5.32 Å². The highest BCUT2D eigenvalue weighted by atomic mass is 19.4. The van der Waals surface area contributed by atoms with E-state index in [1.807, 2.05) is 0 Å². The van der Waals surface area contributed by atoms with Crippen LogP contribution in [0.25, 0.3) is 0 Å². The quantitative estimate of drug-likeness (QED) is 0.783. The van der Waals surface area contributed by atoms with E-state index in [-0.39, 0.29) is 18.5 Å². The number of rotatable bonds is 1. The lowest BCUT2D eigenvalue weighted by Gasteiger charge is -2.31. The zero-order valence-corrected chi connectivity index (χ0v) is 11.2. The van der Waals surface area contributed by atoms with E-state index in [0.717, 1.165) is 25.8 Å². The zero-order chi connectivity index (χ0) is 13.4. The minimum Gasteiger partial charge on any atom is -0.315 e. The van der Waals surface area contributed by atoms with E-state index < -0.39 is 12.1 Å². The Bertz CT molecular complexity index is 288. The molecule has 0 bridgehead atoms. The molecule has 1 N–H and O–H groups in total. The van der Waals surface area contributed by atoms with Crippen LogP contribution in [0.4, 0.5) is 13.2 Å². The van der Waals surface area contributed by atoms with E-state index in [2.05, 4.69) is 24.1 Å². The maximum absolute atomic E-state index is 12.9. The van der Waals surface area contributed by atoms with Gasteiger partial charge in [0, 0.05) is 32.2 Å². The summed E-state index contributed by atoms with van der Waals surface area (Å²) in [6.45, 7) is 6.07. The van der Waals surface area contributed by atoms with Gasteiger partial charge in [0.25, 0.3) is 0 Å². The monoisotopic (exact) mass is 264 g/mol. The van der Waals surface area contributed by atoms with E-state index >= 15 is 0 Å². The first-order valence-electron chi connectivity index (χ1n) is 6.79. The molecule has 1 saturated carbocycles. The molecule has 0 amide bonds. The number of alkyl halides is 3. The van der Waals surface area contributed by atoms with Crippen LogP contribution in [0, 0.1) is 11.3 Å². The predicted molar refractivity (Wildman–Crippen MR) is 65.4 cm³/mol. The summed E-state index contributed by atoms with van der Waals surface area (Å²) in [7, 11) is 0. The van der Waals surface area contributed by atoms with Crippen LogP contribution in [-0.2, 0) is 0 Å². The molecule has 0 aromatic carbocycles. The second-order valence-corrected chi connectivity index (χ2v) is 6.50. The molecule has 2 nitrogen and oxygen atoms in total. The third-order valence-corrected chi connectivity index (χ3v) is 4.34. The molecule has 2 aliphatic rings. The molecule has 106 valence electrons. The van der Waals surface area contributed by atoms with Crippen molar-refractivity contribution in [3.05, 3.63) is 0 Å². The molecule has 2 fully saturated rings. The highest BCUT2D eigenvalue weighted by molar-refractivity contribution is 4.90. The Hall–Kier alpha value is -0.290.